The molecule has 90 valence electrons. The van der Waals surface area contributed by atoms with E-state index in [-0.39, 0.29) is 0 Å². The van der Waals surface area contributed by atoms with Gasteiger partial charge in [0.2, 0.25) is 0 Å². The van der Waals surface area contributed by atoms with Gasteiger partial charge in [-0.2, -0.15) is 0 Å². The van der Waals surface area contributed by atoms with Gasteiger partial charge in [-0.1, -0.05) is 37.6 Å². The van der Waals surface area contributed by atoms with Crippen LogP contribution in [0.25, 0.3) is 0 Å². The van der Waals surface area contributed by atoms with Crippen molar-refractivity contribution in [1.29, 1.82) is 0 Å². The van der Waals surface area contributed by atoms with Gasteiger partial charge in [0.25, 0.3) is 0 Å². The van der Waals surface area contributed by atoms with E-state index in [4.69, 9.17) is 11.6 Å². The summed E-state index contributed by atoms with van der Waals surface area (Å²) in [6.07, 6.45) is 3.40. The Bertz CT molecular complexity index is 323. The summed E-state index contributed by atoms with van der Waals surface area (Å²) in [5, 5.41) is 4.40. The predicted molar refractivity (Wildman–Crippen MR) is 72.3 cm³/mol. The fourth-order valence-electron chi connectivity index (χ4n) is 1.92. The maximum atomic E-state index is 6.21. The molecule has 0 spiro atoms. The van der Waals surface area contributed by atoms with Crippen molar-refractivity contribution >= 4 is 11.6 Å². The summed E-state index contributed by atoms with van der Waals surface area (Å²) >= 11 is 6.21. The van der Waals surface area contributed by atoms with Gasteiger partial charge >= 0.3 is 0 Å². The van der Waals surface area contributed by atoms with Crippen LogP contribution in [0.15, 0.2) is 18.2 Å². The third kappa shape index (κ3) is 4.15. The number of hydrogen-bond donors (Lipinski definition) is 1. The molecule has 1 nitrogen and oxygen atoms in total. The van der Waals surface area contributed by atoms with Crippen LogP contribution in [-0.4, -0.2) is 12.6 Å². The largest absolute Gasteiger partial charge is 0.314 e. The molecular formula is C14H22ClN. The lowest BCUT2D eigenvalue weighted by Gasteiger charge is -2.16. The van der Waals surface area contributed by atoms with Gasteiger partial charge < -0.3 is 5.32 Å². The van der Waals surface area contributed by atoms with Gasteiger partial charge in [0.05, 0.1) is 0 Å². The summed E-state index contributed by atoms with van der Waals surface area (Å²) in [6.45, 7) is 7.49. The Balaban J connectivity index is 2.53. The molecule has 0 aliphatic heterocycles. The van der Waals surface area contributed by atoms with Crippen molar-refractivity contribution in [3.8, 4) is 0 Å². The zero-order valence-electron chi connectivity index (χ0n) is 10.5. The third-order valence-corrected chi connectivity index (χ3v) is 3.31. The number of aryl methyl sites for hydroxylation is 2. The van der Waals surface area contributed by atoms with E-state index in [1.807, 2.05) is 6.07 Å². The Morgan fingerprint density at radius 1 is 1.31 bits per heavy atom. The normalized spacial score (nSPS) is 12.8. The molecule has 2 heteroatoms. The van der Waals surface area contributed by atoms with Crippen LogP contribution in [0, 0.1) is 6.92 Å². The Hall–Kier alpha value is -0.530. The Kier molecular flexibility index (Phi) is 5.86. The first kappa shape index (κ1) is 13.5. The third-order valence-electron chi connectivity index (χ3n) is 2.96. The second kappa shape index (κ2) is 6.93. The molecule has 1 N–H and O–H groups in total. The fraction of sp³-hybridized carbons (Fsp3) is 0.571. The lowest BCUT2D eigenvalue weighted by molar-refractivity contribution is 0.481. The smallest absolute Gasteiger partial charge is 0.0440 e. The molecule has 1 rings (SSSR count). The summed E-state index contributed by atoms with van der Waals surface area (Å²) < 4.78 is 0. The highest BCUT2D eigenvalue weighted by atomic mass is 35.5. The van der Waals surface area contributed by atoms with Gasteiger partial charge in [-0.15, -0.1) is 0 Å². The average Bonchev–Trinajstić information content (AvgIpc) is 2.26. The fourth-order valence-corrected chi connectivity index (χ4v) is 2.25. The number of halogens is 1. The van der Waals surface area contributed by atoms with Crippen molar-refractivity contribution < 1.29 is 0 Å². The first-order valence-electron chi connectivity index (χ1n) is 6.15. The molecule has 0 aliphatic carbocycles. The molecule has 1 aromatic rings. The molecule has 0 aliphatic rings. The summed E-state index contributed by atoms with van der Waals surface area (Å²) in [5.41, 5.74) is 2.50. The number of rotatable bonds is 6. The van der Waals surface area contributed by atoms with Gasteiger partial charge in [0, 0.05) is 11.1 Å². The van der Waals surface area contributed by atoms with Gasteiger partial charge in [-0.25, -0.2) is 0 Å². The number of hydrogen-bond acceptors (Lipinski definition) is 1. The van der Waals surface area contributed by atoms with E-state index in [9.17, 15) is 0 Å². The summed E-state index contributed by atoms with van der Waals surface area (Å²) in [7, 11) is 0. The van der Waals surface area contributed by atoms with Crippen molar-refractivity contribution in [2.75, 3.05) is 6.54 Å². The van der Waals surface area contributed by atoms with E-state index in [1.54, 1.807) is 0 Å². The van der Waals surface area contributed by atoms with Crippen molar-refractivity contribution in [2.45, 2.75) is 46.1 Å². The zero-order chi connectivity index (χ0) is 12.0. The van der Waals surface area contributed by atoms with Gasteiger partial charge in [0.1, 0.15) is 0 Å². The van der Waals surface area contributed by atoms with Crippen molar-refractivity contribution in [1.82, 2.24) is 5.32 Å². The van der Waals surface area contributed by atoms with Gasteiger partial charge in [-0.05, 0) is 49.9 Å². The van der Waals surface area contributed by atoms with E-state index >= 15 is 0 Å². The molecule has 0 aromatic heterocycles. The Morgan fingerprint density at radius 2 is 2.06 bits per heavy atom. The Labute approximate surface area is 104 Å². The first-order chi connectivity index (χ1) is 7.67. The quantitative estimate of drug-likeness (QED) is 0.792. The summed E-state index contributed by atoms with van der Waals surface area (Å²) in [5.74, 6) is 0. The maximum absolute atomic E-state index is 6.21. The molecule has 16 heavy (non-hydrogen) atoms. The summed E-state index contributed by atoms with van der Waals surface area (Å²) in [6, 6.07) is 6.94. The van der Waals surface area contributed by atoms with Crippen LogP contribution in [0.5, 0.6) is 0 Å². The average molecular weight is 240 g/mol. The standard InChI is InChI=1S/C14H22ClN/c1-4-13(16-5-2)9-8-12-7-6-11(3)10-14(12)15/h6-7,10,13,16H,4-5,8-9H2,1-3H3. The van der Waals surface area contributed by atoms with Crippen LogP contribution >= 0.6 is 11.6 Å². The molecule has 1 atom stereocenters. The maximum Gasteiger partial charge on any atom is 0.0440 e. The minimum Gasteiger partial charge on any atom is -0.314 e. The molecule has 1 unspecified atom stereocenters. The van der Waals surface area contributed by atoms with E-state index < -0.39 is 0 Å². The number of nitrogens with one attached hydrogen (secondary N) is 1. The molecule has 0 radical (unpaired) electrons. The van der Waals surface area contributed by atoms with Crippen LogP contribution in [0.2, 0.25) is 5.02 Å². The van der Waals surface area contributed by atoms with E-state index in [1.165, 1.54) is 17.5 Å². The van der Waals surface area contributed by atoms with Crippen LogP contribution in [0.1, 0.15) is 37.8 Å². The highest BCUT2D eigenvalue weighted by Gasteiger charge is 2.06. The molecule has 0 fully saturated rings. The molecule has 1 aromatic carbocycles. The van der Waals surface area contributed by atoms with Crippen LogP contribution in [0.3, 0.4) is 0 Å². The molecule has 0 saturated carbocycles. The zero-order valence-corrected chi connectivity index (χ0v) is 11.3. The Morgan fingerprint density at radius 3 is 2.62 bits per heavy atom. The van der Waals surface area contributed by atoms with Crippen LogP contribution in [0.4, 0.5) is 0 Å². The van der Waals surface area contributed by atoms with Crippen LogP contribution < -0.4 is 5.32 Å². The second-order valence-electron chi connectivity index (χ2n) is 4.30. The van der Waals surface area contributed by atoms with Crippen molar-refractivity contribution in [2.24, 2.45) is 0 Å². The second-order valence-corrected chi connectivity index (χ2v) is 4.70. The minimum atomic E-state index is 0.613. The lowest BCUT2D eigenvalue weighted by atomic mass is 10.0. The molecule has 0 amide bonds. The highest BCUT2D eigenvalue weighted by Crippen LogP contribution is 2.19. The topological polar surface area (TPSA) is 12.0 Å². The molecule has 0 saturated heterocycles. The van der Waals surface area contributed by atoms with E-state index in [2.05, 4.69) is 38.2 Å². The van der Waals surface area contributed by atoms with Crippen molar-refractivity contribution in [3.05, 3.63) is 34.3 Å². The SMILES string of the molecule is CCNC(CC)CCc1ccc(C)cc1Cl. The van der Waals surface area contributed by atoms with Gasteiger partial charge in [-0.3, -0.25) is 0 Å². The lowest BCUT2D eigenvalue weighted by Crippen LogP contribution is -2.28. The highest BCUT2D eigenvalue weighted by molar-refractivity contribution is 6.31. The van der Waals surface area contributed by atoms with Crippen molar-refractivity contribution in [3.63, 3.8) is 0 Å². The molecule has 0 bridgehead atoms. The first-order valence-corrected chi connectivity index (χ1v) is 6.53. The predicted octanol–water partition coefficient (Wildman–Crippen LogP) is 3.97. The van der Waals surface area contributed by atoms with Gasteiger partial charge in [0.15, 0.2) is 0 Å². The number of benzene rings is 1. The van der Waals surface area contributed by atoms with Crippen LogP contribution in [-0.2, 0) is 6.42 Å². The van der Waals surface area contributed by atoms with E-state index in [0.717, 1.165) is 24.4 Å². The minimum absolute atomic E-state index is 0.613. The molecule has 0 heterocycles. The van der Waals surface area contributed by atoms with E-state index in [0.29, 0.717) is 6.04 Å². The monoisotopic (exact) mass is 239 g/mol. The molecular weight excluding hydrogens is 218 g/mol. The summed E-state index contributed by atoms with van der Waals surface area (Å²) in [4.78, 5) is 0.